The van der Waals surface area contributed by atoms with E-state index in [2.05, 4.69) is 13.8 Å². The molecule has 3 heteroatoms. The first kappa shape index (κ1) is 28.2. The molecule has 0 aromatic heterocycles. The molecule has 31 heavy (non-hydrogen) atoms. The van der Waals surface area contributed by atoms with Crippen LogP contribution in [0.4, 0.5) is 0 Å². The van der Waals surface area contributed by atoms with Gasteiger partial charge in [-0.05, 0) is 18.6 Å². The predicted octanol–water partition coefficient (Wildman–Crippen LogP) is 8.81. The molecule has 0 heterocycles. The average molecular weight is 449 g/mol. The molecule has 0 fully saturated rings. The summed E-state index contributed by atoms with van der Waals surface area (Å²) in [5.74, 6) is 0.935. The van der Waals surface area contributed by atoms with Crippen LogP contribution in [0.25, 0.3) is 0 Å². The molecular weight excluding hydrogens is 396 g/mol. The lowest BCUT2D eigenvalue weighted by Gasteiger charge is -2.15. The van der Waals surface area contributed by atoms with Gasteiger partial charge in [-0.25, -0.2) is 0 Å². The van der Waals surface area contributed by atoms with E-state index in [9.17, 15) is 0 Å². The zero-order valence-electron chi connectivity index (χ0n) is 20.9. The lowest BCUT2D eigenvalue weighted by atomic mass is 10.1. The van der Waals surface area contributed by atoms with Gasteiger partial charge >= 0.3 is 0 Å². The maximum atomic E-state index is 5.80. The molecule has 1 rings (SSSR count). The van der Waals surface area contributed by atoms with Crippen molar-refractivity contribution in [2.24, 2.45) is 0 Å². The van der Waals surface area contributed by atoms with Crippen LogP contribution in [-0.4, -0.2) is 28.6 Å². The third kappa shape index (κ3) is 18.5. The Morgan fingerprint density at radius 2 is 1.06 bits per heavy atom. The summed E-state index contributed by atoms with van der Waals surface area (Å²) in [5, 5.41) is 0. The van der Waals surface area contributed by atoms with E-state index in [-0.39, 0.29) is 0 Å². The van der Waals surface area contributed by atoms with Crippen molar-refractivity contribution in [3.63, 3.8) is 0 Å². The lowest BCUT2D eigenvalue weighted by molar-refractivity contribution is 0.0980. The Bertz CT molecular complexity index is 449. The van der Waals surface area contributed by atoms with E-state index >= 15 is 0 Å². The summed E-state index contributed by atoms with van der Waals surface area (Å²) < 4.78 is 11.5. The summed E-state index contributed by atoms with van der Waals surface area (Å²) in [6.45, 7) is 6.86. The maximum absolute atomic E-state index is 5.80. The van der Waals surface area contributed by atoms with Crippen molar-refractivity contribution in [2.75, 3.05) is 19.8 Å². The second-order valence-corrected chi connectivity index (χ2v) is 12.7. The summed E-state index contributed by atoms with van der Waals surface area (Å²) in [6.07, 6.45) is 20.0. The molecule has 0 aliphatic carbocycles. The van der Waals surface area contributed by atoms with Crippen LogP contribution in [0, 0.1) is 0 Å². The number of hydrogen-bond acceptors (Lipinski definition) is 2. The molecule has 0 unspecified atom stereocenters. The van der Waals surface area contributed by atoms with Crippen LogP contribution < -0.4 is 4.74 Å². The van der Waals surface area contributed by atoms with Gasteiger partial charge in [0.1, 0.15) is 12.4 Å². The fourth-order valence-electron chi connectivity index (χ4n) is 4.33. The molecule has 0 aliphatic heterocycles. The number of rotatable bonds is 23. The third-order valence-corrected chi connectivity index (χ3v) is 10.00. The molecule has 0 bridgehead atoms. The molecule has 180 valence electrons. The minimum Gasteiger partial charge on any atom is -0.491 e. The third-order valence-electron chi connectivity index (χ3n) is 6.32. The van der Waals surface area contributed by atoms with Gasteiger partial charge in [-0.1, -0.05) is 134 Å². The summed E-state index contributed by atoms with van der Waals surface area (Å²) in [4.78, 5) is 0. The van der Waals surface area contributed by atoms with Gasteiger partial charge in [0.25, 0.3) is 0 Å². The Hall–Kier alpha value is -0.803. The van der Waals surface area contributed by atoms with Crippen LogP contribution in [0.15, 0.2) is 30.3 Å². The zero-order chi connectivity index (χ0) is 22.2. The van der Waals surface area contributed by atoms with Gasteiger partial charge in [0.2, 0.25) is 0 Å². The number of unbranched alkanes of at least 4 members (excludes halogenated alkanes) is 11. The molecule has 0 radical (unpaired) electrons. The Morgan fingerprint density at radius 1 is 0.548 bits per heavy atom. The number of ether oxygens (including phenoxy) is 2. The highest BCUT2D eigenvalue weighted by Gasteiger charge is 2.10. The van der Waals surface area contributed by atoms with Gasteiger partial charge in [-0.3, -0.25) is 0 Å². The van der Waals surface area contributed by atoms with Crippen molar-refractivity contribution in [2.45, 2.75) is 122 Å². The molecule has 0 amide bonds. The number of benzene rings is 1. The molecule has 2 nitrogen and oxygen atoms in total. The Balaban J connectivity index is 2.07. The van der Waals surface area contributed by atoms with Crippen molar-refractivity contribution in [3.05, 3.63) is 30.3 Å². The van der Waals surface area contributed by atoms with Gasteiger partial charge in [-0.2, -0.15) is 0 Å². The van der Waals surface area contributed by atoms with E-state index in [0.717, 1.165) is 12.4 Å². The Morgan fingerprint density at radius 3 is 1.65 bits per heavy atom. The quantitative estimate of drug-likeness (QED) is 0.123. The largest absolute Gasteiger partial charge is 0.491 e. The normalized spacial score (nSPS) is 11.3. The minimum atomic E-state index is -0.538. The van der Waals surface area contributed by atoms with Crippen molar-refractivity contribution >= 4 is 8.80 Å². The van der Waals surface area contributed by atoms with E-state index in [1.54, 1.807) is 12.1 Å². The molecule has 0 saturated carbocycles. The van der Waals surface area contributed by atoms with Crippen molar-refractivity contribution in [1.82, 2.24) is 0 Å². The van der Waals surface area contributed by atoms with Gasteiger partial charge in [0, 0.05) is 15.4 Å². The Kier molecular flexibility index (Phi) is 20.4. The fraction of sp³-hybridized carbons (Fsp3) is 0.786. The molecule has 0 atom stereocenters. The summed E-state index contributed by atoms with van der Waals surface area (Å²) in [6, 6.07) is 14.7. The summed E-state index contributed by atoms with van der Waals surface area (Å²) in [7, 11) is -0.538. The van der Waals surface area contributed by atoms with Gasteiger partial charge in [-0.15, -0.1) is 0 Å². The lowest BCUT2D eigenvalue weighted by Crippen LogP contribution is -2.13. The molecule has 1 aromatic rings. The van der Waals surface area contributed by atoms with Crippen molar-refractivity contribution < 1.29 is 9.47 Å². The predicted molar refractivity (Wildman–Crippen MR) is 140 cm³/mol. The first-order chi connectivity index (χ1) is 15.4. The van der Waals surface area contributed by atoms with E-state index in [0.29, 0.717) is 13.2 Å². The number of para-hydroxylation sites is 1. The van der Waals surface area contributed by atoms with Crippen LogP contribution in [0.5, 0.6) is 5.75 Å². The average Bonchev–Trinajstić information content (AvgIpc) is 2.80. The molecule has 0 spiro atoms. The van der Waals surface area contributed by atoms with Crippen LogP contribution in [-0.2, 0) is 4.74 Å². The minimum absolute atomic E-state index is 0.538. The van der Waals surface area contributed by atoms with Gasteiger partial charge in [0.05, 0.1) is 6.61 Å². The Labute approximate surface area is 196 Å². The van der Waals surface area contributed by atoms with E-state index < -0.39 is 8.80 Å². The topological polar surface area (TPSA) is 18.5 Å². The first-order valence-corrected chi connectivity index (χ1v) is 16.1. The molecule has 1 aromatic carbocycles. The SMILES string of the molecule is CCCCCCCC[SiH](CCCCCCCC)CCCCOCCOc1ccccc1. The standard InChI is InChI=1S/C28H52O2Si/c1-3-5-7-9-11-17-25-31(26-18-12-10-8-6-4-2)27-19-16-22-29-23-24-30-28-20-14-13-15-21-28/h13-15,20-21,31H,3-12,16-19,22-27H2,1-2H3. The highest BCUT2D eigenvalue weighted by atomic mass is 28.3. The zero-order valence-corrected chi connectivity index (χ0v) is 22.1. The first-order valence-electron chi connectivity index (χ1n) is 13.6. The molecule has 0 aliphatic rings. The summed E-state index contributed by atoms with van der Waals surface area (Å²) >= 11 is 0. The number of hydrogen-bond donors (Lipinski definition) is 0. The van der Waals surface area contributed by atoms with Gasteiger partial charge in [0.15, 0.2) is 0 Å². The molecule has 0 N–H and O–H groups in total. The van der Waals surface area contributed by atoms with Crippen LogP contribution in [0.1, 0.15) is 104 Å². The van der Waals surface area contributed by atoms with Crippen molar-refractivity contribution in [1.29, 1.82) is 0 Å². The van der Waals surface area contributed by atoms with E-state index in [1.807, 2.05) is 30.3 Å². The highest BCUT2D eigenvalue weighted by molar-refractivity contribution is 6.58. The second kappa shape index (κ2) is 22.4. The molecular formula is C28H52O2Si. The monoisotopic (exact) mass is 448 g/mol. The summed E-state index contributed by atoms with van der Waals surface area (Å²) in [5.41, 5.74) is 0. The van der Waals surface area contributed by atoms with Crippen LogP contribution in [0.2, 0.25) is 18.1 Å². The van der Waals surface area contributed by atoms with Crippen LogP contribution in [0.3, 0.4) is 0 Å². The molecule has 0 saturated heterocycles. The smallest absolute Gasteiger partial charge is 0.119 e. The van der Waals surface area contributed by atoms with E-state index in [4.69, 9.17) is 9.47 Å². The maximum Gasteiger partial charge on any atom is 0.119 e. The highest BCUT2D eigenvalue weighted by Crippen LogP contribution is 2.19. The van der Waals surface area contributed by atoms with E-state index in [1.165, 1.54) is 95.9 Å². The second-order valence-electron chi connectivity index (χ2n) is 9.25. The van der Waals surface area contributed by atoms with Crippen LogP contribution >= 0.6 is 0 Å². The van der Waals surface area contributed by atoms with Crippen molar-refractivity contribution in [3.8, 4) is 5.75 Å². The fourth-order valence-corrected chi connectivity index (χ4v) is 7.80. The van der Waals surface area contributed by atoms with Gasteiger partial charge < -0.3 is 9.47 Å².